The van der Waals surface area contributed by atoms with Gasteiger partial charge in [0.1, 0.15) is 0 Å². The van der Waals surface area contributed by atoms with Gasteiger partial charge >= 0.3 is 0 Å². The minimum absolute atomic E-state index is 0.0950. The Labute approximate surface area is 118 Å². The van der Waals surface area contributed by atoms with Gasteiger partial charge in [0, 0.05) is 35.9 Å². The topological polar surface area (TPSA) is 34.2 Å². The number of halogens is 1. The van der Waals surface area contributed by atoms with Crippen molar-refractivity contribution in [2.45, 2.75) is 39.3 Å². The third-order valence-electron chi connectivity index (χ3n) is 3.06. The van der Waals surface area contributed by atoms with Crippen molar-refractivity contribution in [1.29, 1.82) is 0 Å². The van der Waals surface area contributed by atoms with Crippen LogP contribution in [0.5, 0.6) is 0 Å². The summed E-state index contributed by atoms with van der Waals surface area (Å²) in [6, 6.07) is 4.32. The van der Waals surface area contributed by atoms with Gasteiger partial charge in [-0.2, -0.15) is 0 Å². The molecule has 4 heteroatoms. The molecule has 1 rings (SSSR count). The van der Waals surface area contributed by atoms with Crippen LogP contribution in [-0.2, 0) is 11.2 Å². The van der Waals surface area contributed by atoms with E-state index >= 15 is 0 Å². The molecule has 1 aromatic heterocycles. The lowest BCUT2D eigenvalue weighted by Crippen LogP contribution is -2.47. The van der Waals surface area contributed by atoms with Crippen molar-refractivity contribution in [2.75, 3.05) is 14.2 Å². The van der Waals surface area contributed by atoms with Crippen molar-refractivity contribution in [2.24, 2.45) is 5.41 Å². The van der Waals surface area contributed by atoms with Gasteiger partial charge in [-0.1, -0.05) is 20.8 Å². The van der Waals surface area contributed by atoms with E-state index in [9.17, 15) is 0 Å². The monoisotopic (exact) mass is 314 g/mol. The number of likely N-dealkylation sites (N-methyl/N-ethyl adjacent to an activating group) is 1. The van der Waals surface area contributed by atoms with Crippen LogP contribution in [0.3, 0.4) is 0 Å². The van der Waals surface area contributed by atoms with Crippen molar-refractivity contribution in [1.82, 2.24) is 10.3 Å². The smallest absolute Gasteiger partial charge is 0.0776 e. The first-order valence-electron chi connectivity index (χ1n) is 6.19. The number of nitrogens with zero attached hydrogens (tertiary/aromatic N) is 1. The van der Waals surface area contributed by atoms with Crippen LogP contribution in [0.1, 0.15) is 26.5 Å². The van der Waals surface area contributed by atoms with Crippen molar-refractivity contribution < 1.29 is 4.74 Å². The molecule has 0 spiro atoms. The van der Waals surface area contributed by atoms with E-state index in [4.69, 9.17) is 4.74 Å². The Bertz CT molecular complexity index is 359. The number of pyridine rings is 1. The highest BCUT2D eigenvalue weighted by atomic mass is 79.9. The third kappa shape index (κ3) is 4.34. The molecule has 0 bridgehead atoms. The minimum Gasteiger partial charge on any atom is -0.379 e. The van der Waals surface area contributed by atoms with Crippen molar-refractivity contribution in [3.8, 4) is 0 Å². The molecular formula is C14H23BrN2O. The van der Waals surface area contributed by atoms with Crippen LogP contribution in [0.15, 0.2) is 22.8 Å². The highest BCUT2D eigenvalue weighted by molar-refractivity contribution is 9.10. The first-order chi connectivity index (χ1) is 8.38. The number of aromatic nitrogens is 1. The second kappa shape index (κ2) is 6.64. The molecule has 102 valence electrons. The molecule has 0 amide bonds. The molecule has 0 aliphatic heterocycles. The fourth-order valence-corrected chi connectivity index (χ4v) is 2.47. The van der Waals surface area contributed by atoms with Crippen LogP contribution < -0.4 is 5.32 Å². The van der Waals surface area contributed by atoms with E-state index in [0.29, 0.717) is 0 Å². The molecule has 0 saturated heterocycles. The van der Waals surface area contributed by atoms with Crippen LogP contribution in [0.25, 0.3) is 0 Å². The average Bonchev–Trinajstić information content (AvgIpc) is 2.29. The number of ether oxygens (including phenoxy) is 1. The van der Waals surface area contributed by atoms with Crippen LogP contribution in [0, 0.1) is 5.41 Å². The van der Waals surface area contributed by atoms with E-state index in [0.717, 1.165) is 16.6 Å². The van der Waals surface area contributed by atoms with E-state index in [1.807, 2.05) is 25.4 Å². The van der Waals surface area contributed by atoms with Gasteiger partial charge in [0.05, 0.1) is 6.10 Å². The molecule has 2 atom stereocenters. The van der Waals surface area contributed by atoms with Gasteiger partial charge in [-0.05, 0) is 40.5 Å². The first kappa shape index (κ1) is 15.6. The summed E-state index contributed by atoms with van der Waals surface area (Å²) in [7, 11) is 3.75. The lowest BCUT2D eigenvalue weighted by atomic mass is 9.83. The van der Waals surface area contributed by atoms with Gasteiger partial charge in [0.2, 0.25) is 0 Å². The van der Waals surface area contributed by atoms with Gasteiger partial charge in [-0.3, -0.25) is 4.98 Å². The molecule has 0 fully saturated rings. The maximum atomic E-state index is 5.66. The molecule has 0 radical (unpaired) electrons. The summed E-state index contributed by atoms with van der Waals surface area (Å²) in [5.74, 6) is 0. The molecule has 3 nitrogen and oxygen atoms in total. The number of rotatable bonds is 5. The molecule has 1 N–H and O–H groups in total. The van der Waals surface area contributed by atoms with E-state index < -0.39 is 0 Å². The molecule has 0 aromatic carbocycles. The zero-order chi connectivity index (χ0) is 13.8. The van der Waals surface area contributed by atoms with Crippen LogP contribution in [0.4, 0.5) is 0 Å². The number of hydrogen-bond acceptors (Lipinski definition) is 3. The third-order valence-corrected chi connectivity index (χ3v) is 3.53. The Morgan fingerprint density at radius 2 is 2.06 bits per heavy atom. The number of hydrogen-bond donors (Lipinski definition) is 1. The van der Waals surface area contributed by atoms with Gasteiger partial charge in [0.25, 0.3) is 0 Å². The molecule has 0 saturated carbocycles. The maximum absolute atomic E-state index is 5.66. The normalized spacial score (nSPS) is 15.4. The van der Waals surface area contributed by atoms with Gasteiger partial charge in [-0.25, -0.2) is 0 Å². The summed E-state index contributed by atoms with van der Waals surface area (Å²) in [6.07, 6.45) is 2.84. The predicted molar refractivity (Wildman–Crippen MR) is 78.7 cm³/mol. The quantitative estimate of drug-likeness (QED) is 0.907. The Kier molecular flexibility index (Phi) is 5.76. The van der Waals surface area contributed by atoms with E-state index in [1.165, 1.54) is 0 Å². The van der Waals surface area contributed by atoms with Crippen molar-refractivity contribution >= 4 is 15.9 Å². The lowest BCUT2D eigenvalue weighted by molar-refractivity contribution is -0.00941. The summed E-state index contributed by atoms with van der Waals surface area (Å²) in [5.41, 5.74) is 1.17. The molecule has 0 aliphatic carbocycles. The SMILES string of the molecule is CNC(Cc1ccc(Br)cn1)C(OC)C(C)(C)C. The standard InChI is InChI=1S/C14H23BrN2O/c1-14(2,3)13(18-5)12(16-4)8-11-7-6-10(15)9-17-11/h6-7,9,12-13,16H,8H2,1-5H3. The fourth-order valence-electron chi connectivity index (χ4n) is 2.23. The van der Waals surface area contributed by atoms with Crippen LogP contribution >= 0.6 is 15.9 Å². The van der Waals surface area contributed by atoms with Gasteiger partial charge in [-0.15, -0.1) is 0 Å². The summed E-state index contributed by atoms with van der Waals surface area (Å²) >= 11 is 3.40. The molecular weight excluding hydrogens is 292 g/mol. The molecule has 18 heavy (non-hydrogen) atoms. The Morgan fingerprint density at radius 1 is 1.39 bits per heavy atom. The van der Waals surface area contributed by atoms with Crippen molar-refractivity contribution in [3.05, 3.63) is 28.5 Å². The highest BCUT2D eigenvalue weighted by Crippen LogP contribution is 2.26. The number of methoxy groups -OCH3 is 1. The second-order valence-electron chi connectivity index (χ2n) is 5.59. The van der Waals surface area contributed by atoms with Gasteiger partial charge < -0.3 is 10.1 Å². The largest absolute Gasteiger partial charge is 0.379 e. The average molecular weight is 315 g/mol. The molecule has 1 heterocycles. The summed E-state index contributed by atoms with van der Waals surface area (Å²) < 4.78 is 6.67. The lowest BCUT2D eigenvalue weighted by Gasteiger charge is -2.35. The van der Waals surface area contributed by atoms with E-state index in [2.05, 4.69) is 47.0 Å². The zero-order valence-corrected chi connectivity index (χ0v) is 13.4. The zero-order valence-electron chi connectivity index (χ0n) is 11.8. The minimum atomic E-state index is 0.0950. The van der Waals surface area contributed by atoms with Crippen molar-refractivity contribution in [3.63, 3.8) is 0 Å². The predicted octanol–water partition coefficient (Wildman–Crippen LogP) is 3.04. The van der Waals surface area contributed by atoms with E-state index in [-0.39, 0.29) is 17.6 Å². The molecule has 2 unspecified atom stereocenters. The van der Waals surface area contributed by atoms with Crippen LogP contribution in [-0.4, -0.2) is 31.3 Å². The summed E-state index contributed by atoms with van der Waals surface area (Å²) in [4.78, 5) is 4.42. The van der Waals surface area contributed by atoms with Gasteiger partial charge in [0.15, 0.2) is 0 Å². The molecule has 1 aromatic rings. The first-order valence-corrected chi connectivity index (χ1v) is 6.98. The fraction of sp³-hybridized carbons (Fsp3) is 0.643. The highest BCUT2D eigenvalue weighted by Gasteiger charge is 2.31. The van der Waals surface area contributed by atoms with Crippen LogP contribution in [0.2, 0.25) is 0 Å². The Balaban J connectivity index is 2.80. The number of nitrogens with one attached hydrogen (secondary N) is 1. The summed E-state index contributed by atoms with van der Waals surface area (Å²) in [5, 5.41) is 3.35. The van der Waals surface area contributed by atoms with E-state index in [1.54, 1.807) is 7.11 Å². The Morgan fingerprint density at radius 3 is 2.44 bits per heavy atom. The second-order valence-corrected chi connectivity index (χ2v) is 6.51. The molecule has 0 aliphatic rings. The Hall–Kier alpha value is -0.450. The maximum Gasteiger partial charge on any atom is 0.0776 e. The summed E-state index contributed by atoms with van der Waals surface area (Å²) in [6.45, 7) is 6.58.